The van der Waals surface area contributed by atoms with Crippen molar-refractivity contribution < 1.29 is 4.79 Å². The highest BCUT2D eigenvalue weighted by atomic mass is 35.5. The number of amides is 1. The van der Waals surface area contributed by atoms with Crippen LogP contribution in [0.1, 0.15) is 10.4 Å². The summed E-state index contributed by atoms with van der Waals surface area (Å²) in [4.78, 5) is 15.1. The number of halogens is 1. The summed E-state index contributed by atoms with van der Waals surface area (Å²) in [5.41, 5.74) is 1.12. The van der Waals surface area contributed by atoms with E-state index in [-0.39, 0.29) is 11.2 Å². The minimum atomic E-state index is -0.321. The molecule has 0 radical (unpaired) electrons. The maximum Gasteiger partial charge on any atom is 0.235 e. The lowest BCUT2D eigenvalue weighted by Gasteiger charge is -2.20. The van der Waals surface area contributed by atoms with Crippen LogP contribution in [0.2, 0.25) is 4.34 Å². The van der Waals surface area contributed by atoms with Crippen LogP contribution >= 0.6 is 35.6 Å². The van der Waals surface area contributed by atoms with Crippen LogP contribution in [0.15, 0.2) is 42.5 Å². The maximum absolute atomic E-state index is 12.3. The zero-order valence-corrected chi connectivity index (χ0v) is 13.6. The van der Waals surface area contributed by atoms with Gasteiger partial charge in [0.2, 0.25) is 5.91 Å². The number of thiophene rings is 1. The summed E-state index contributed by atoms with van der Waals surface area (Å²) in [6, 6.07) is 13.7. The molecular weight excluding hydrogens is 310 g/mol. The Morgan fingerprint density at radius 3 is 2.60 bits per heavy atom. The van der Waals surface area contributed by atoms with E-state index >= 15 is 0 Å². The first kappa shape index (κ1) is 15.4. The summed E-state index contributed by atoms with van der Waals surface area (Å²) >= 11 is 11.8. The molecule has 2 nitrogen and oxygen atoms in total. The number of rotatable bonds is 5. The Balaban J connectivity index is 1.92. The Morgan fingerprint density at radius 1 is 1.30 bits per heavy atom. The van der Waals surface area contributed by atoms with Crippen molar-refractivity contribution in [1.82, 2.24) is 4.90 Å². The molecule has 5 heteroatoms. The summed E-state index contributed by atoms with van der Waals surface area (Å²) in [6.07, 6.45) is 0.637. The Hall–Kier alpha value is -0.970. The predicted molar refractivity (Wildman–Crippen MR) is 88.7 cm³/mol. The monoisotopic (exact) mass is 325 g/mol. The summed E-state index contributed by atoms with van der Waals surface area (Å²) in [5.74, 6) is 0.0294. The van der Waals surface area contributed by atoms with Crippen LogP contribution in [-0.2, 0) is 17.8 Å². The van der Waals surface area contributed by atoms with Gasteiger partial charge in [-0.05, 0) is 24.1 Å². The predicted octanol–water partition coefficient (Wildman–Crippen LogP) is 3.90. The zero-order chi connectivity index (χ0) is 14.5. The smallest absolute Gasteiger partial charge is 0.235 e. The Labute approximate surface area is 133 Å². The Bertz CT molecular complexity index is 570. The van der Waals surface area contributed by atoms with E-state index in [1.807, 2.05) is 42.5 Å². The third-order valence-electron chi connectivity index (χ3n) is 2.96. The lowest BCUT2D eigenvalue weighted by molar-refractivity contribution is -0.129. The van der Waals surface area contributed by atoms with Crippen LogP contribution in [0.25, 0.3) is 0 Å². The number of carbonyl (C=O) groups excluding carboxylic acids is 1. The van der Waals surface area contributed by atoms with Gasteiger partial charge in [0.1, 0.15) is 0 Å². The number of benzene rings is 1. The molecule has 0 aliphatic carbocycles. The minimum Gasteiger partial charge on any atom is -0.340 e. The molecule has 0 N–H and O–H groups in total. The first-order valence-corrected chi connectivity index (χ1v) is 7.98. The van der Waals surface area contributed by atoms with Crippen molar-refractivity contribution in [3.05, 3.63) is 57.2 Å². The molecule has 20 heavy (non-hydrogen) atoms. The fourth-order valence-electron chi connectivity index (χ4n) is 1.93. The van der Waals surface area contributed by atoms with Crippen molar-refractivity contribution in [1.29, 1.82) is 0 Å². The lowest BCUT2D eigenvalue weighted by Crippen LogP contribution is -2.34. The Morgan fingerprint density at radius 2 is 2.00 bits per heavy atom. The fourth-order valence-corrected chi connectivity index (χ4v) is 3.48. The highest BCUT2D eigenvalue weighted by molar-refractivity contribution is 7.81. The highest BCUT2D eigenvalue weighted by Gasteiger charge is 2.19. The van der Waals surface area contributed by atoms with E-state index < -0.39 is 0 Å². The first-order valence-electron chi connectivity index (χ1n) is 6.27. The average Bonchev–Trinajstić information content (AvgIpc) is 2.84. The van der Waals surface area contributed by atoms with Crippen LogP contribution < -0.4 is 0 Å². The van der Waals surface area contributed by atoms with Crippen LogP contribution in [0, 0.1) is 0 Å². The number of hydrogen-bond donors (Lipinski definition) is 1. The molecule has 0 saturated carbocycles. The molecule has 1 atom stereocenters. The molecular formula is C15H16ClNOS2. The zero-order valence-electron chi connectivity index (χ0n) is 11.1. The SMILES string of the molecule is CN(Cc1ccc(Cl)s1)C(=O)C(S)Cc1ccccc1. The van der Waals surface area contributed by atoms with Crippen molar-refractivity contribution in [2.24, 2.45) is 0 Å². The van der Waals surface area contributed by atoms with E-state index in [4.69, 9.17) is 11.6 Å². The van der Waals surface area contributed by atoms with Gasteiger partial charge in [0.25, 0.3) is 0 Å². The molecule has 1 aromatic heterocycles. The second kappa shape index (κ2) is 7.16. The van der Waals surface area contributed by atoms with Gasteiger partial charge in [-0.25, -0.2) is 0 Å². The molecule has 0 aliphatic rings. The van der Waals surface area contributed by atoms with E-state index in [9.17, 15) is 4.79 Å². The van der Waals surface area contributed by atoms with E-state index in [1.165, 1.54) is 11.3 Å². The van der Waals surface area contributed by atoms with Crippen molar-refractivity contribution in [2.75, 3.05) is 7.05 Å². The number of carbonyl (C=O) groups is 1. The normalized spacial score (nSPS) is 12.2. The van der Waals surface area contributed by atoms with E-state index in [0.29, 0.717) is 13.0 Å². The van der Waals surface area contributed by atoms with E-state index in [1.54, 1.807) is 11.9 Å². The van der Waals surface area contributed by atoms with Crippen molar-refractivity contribution >= 4 is 41.5 Å². The van der Waals surface area contributed by atoms with Crippen molar-refractivity contribution in [3.63, 3.8) is 0 Å². The highest BCUT2D eigenvalue weighted by Crippen LogP contribution is 2.23. The number of thiol groups is 1. The van der Waals surface area contributed by atoms with Gasteiger partial charge in [0, 0.05) is 11.9 Å². The molecule has 0 aliphatic heterocycles. The van der Waals surface area contributed by atoms with Gasteiger partial charge in [0.05, 0.1) is 16.1 Å². The van der Waals surface area contributed by atoms with Gasteiger partial charge < -0.3 is 4.90 Å². The molecule has 0 spiro atoms. The number of nitrogens with zero attached hydrogens (tertiary/aromatic N) is 1. The third kappa shape index (κ3) is 4.27. The number of hydrogen-bond acceptors (Lipinski definition) is 3. The largest absolute Gasteiger partial charge is 0.340 e. The summed E-state index contributed by atoms with van der Waals surface area (Å²) in [6.45, 7) is 0.571. The lowest BCUT2D eigenvalue weighted by atomic mass is 10.1. The fraction of sp³-hybridized carbons (Fsp3) is 0.267. The molecule has 1 amide bonds. The molecule has 0 bridgehead atoms. The van der Waals surface area contributed by atoms with Crippen LogP contribution in [0.4, 0.5) is 0 Å². The van der Waals surface area contributed by atoms with E-state index in [2.05, 4.69) is 12.6 Å². The van der Waals surface area contributed by atoms with Crippen LogP contribution in [0.5, 0.6) is 0 Å². The van der Waals surface area contributed by atoms with Gasteiger partial charge in [-0.2, -0.15) is 12.6 Å². The molecule has 0 saturated heterocycles. The molecule has 0 fully saturated rings. The van der Waals surface area contributed by atoms with Crippen molar-refractivity contribution in [2.45, 2.75) is 18.2 Å². The van der Waals surface area contributed by atoms with Gasteiger partial charge >= 0.3 is 0 Å². The average molecular weight is 326 g/mol. The van der Waals surface area contributed by atoms with Gasteiger partial charge in [0.15, 0.2) is 0 Å². The van der Waals surface area contributed by atoms with Gasteiger partial charge in [-0.15, -0.1) is 11.3 Å². The van der Waals surface area contributed by atoms with Crippen molar-refractivity contribution in [3.8, 4) is 0 Å². The van der Waals surface area contributed by atoms with Crippen LogP contribution in [0.3, 0.4) is 0 Å². The standard InChI is InChI=1S/C15H16ClNOS2/c1-17(10-12-7-8-14(16)20-12)15(18)13(19)9-11-5-3-2-4-6-11/h2-8,13,19H,9-10H2,1H3. The molecule has 2 rings (SSSR count). The van der Waals surface area contributed by atoms with E-state index in [0.717, 1.165) is 14.8 Å². The Kier molecular flexibility index (Phi) is 5.52. The molecule has 106 valence electrons. The second-order valence-corrected chi connectivity index (χ2v) is 7.03. The van der Waals surface area contributed by atoms with Gasteiger partial charge in [-0.1, -0.05) is 41.9 Å². The first-order chi connectivity index (χ1) is 9.56. The van der Waals surface area contributed by atoms with Crippen LogP contribution in [-0.4, -0.2) is 23.1 Å². The third-order valence-corrected chi connectivity index (χ3v) is 4.57. The minimum absolute atomic E-state index is 0.0294. The molecule has 2 aromatic rings. The summed E-state index contributed by atoms with van der Waals surface area (Å²) in [5, 5.41) is -0.321. The second-order valence-electron chi connectivity index (χ2n) is 4.61. The molecule has 1 unspecified atom stereocenters. The molecule has 1 heterocycles. The summed E-state index contributed by atoms with van der Waals surface area (Å²) in [7, 11) is 1.80. The maximum atomic E-state index is 12.3. The summed E-state index contributed by atoms with van der Waals surface area (Å²) < 4.78 is 0.743. The quantitative estimate of drug-likeness (QED) is 0.827. The topological polar surface area (TPSA) is 20.3 Å². The molecule has 1 aromatic carbocycles. The van der Waals surface area contributed by atoms with Gasteiger partial charge in [-0.3, -0.25) is 4.79 Å².